The van der Waals surface area contributed by atoms with E-state index < -0.39 is 11.6 Å². The average molecular weight is 352 g/mol. The van der Waals surface area contributed by atoms with Gasteiger partial charge in [0.2, 0.25) is 0 Å². The number of thiazole rings is 1. The zero-order chi connectivity index (χ0) is 16.2. The fourth-order valence-electron chi connectivity index (χ4n) is 2.11. The molecular formula is C16H14F2N2OS2. The molecule has 0 atom stereocenters. The first-order valence-corrected chi connectivity index (χ1v) is 8.66. The normalized spacial score (nSPS) is 12.0. The summed E-state index contributed by atoms with van der Waals surface area (Å²) in [6.07, 6.45) is 0. The van der Waals surface area contributed by atoms with Gasteiger partial charge in [0.15, 0.2) is 10.6 Å². The van der Waals surface area contributed by atoms with Gasteiger partial charge in [-0.05, 0) is 23.6 Å². The highest BCUT2D eigenvalue weighted by Gasteiger charge is 2.10. The fourth-order valence-corrected chi connectivity index (χ4v) is 3.88. The third kappa shape index (κ3) is 3.57. The lowest BCUT2D eigenvalue weighted by Crippen LogP contribution is -2.18. The minimum Gasteiger partial charge on any atom is -0.383 e. The highest BCUT2D eigenvalue weighted by atomic mass is 32.1. The van der Waals surface area contributed by atoms with Crippen molar-refractivity contribution in [1.82, 2.24) is 4.57 Å². The Bertz CT molecular complexity index is 853. The Balaban J connectivity index is 2.09. The molecule has 0 radical (unpaired) electrons. The maximum absolute atomic E-state index is 13.8. The number of ether oxygens (including phenoxy) is 1. The van der Waals surface area contributed by atoms with Crippen molar-refractivity contribution in [2.24, 2.45) is 4.99 Å². The van der Waals surface area contributed by atoms with Crippen LogP contribution < -0.4 is 4.80 Å². The third-order valence-corrected chi connectivity index (χ3v) is 4.97. The predicted molar refractivity (Wildman–Crippen MR) is 89.1 cm³/mol. The van der Waals surface area contributed by atoms with E-state index in [-0.39, 0.29) is 5.69 Å². The number of aromatic nitrogens is 1. The zero-order valence-corrected chi connectivity index (χ0v) is 14.0. The lowest BCUT2D eigenvalue weighted by Gasteiger charge is -2.07. The van der Waals surface area contributed by atoms with E-state index in [0.29, 0.717) is 18.0 Å². The van der Waals surface area contributed by atoms with Crippen molar-refractivity contribution in [3.05, 3.63) is 57.5 Å². The Morgan fingerprint density at radius 3 is 2.78 bits per heavy atom. The Morgan fingerprint density at radius 1 is 1.22 bits per heavy atom. The molecule has 0 aliphatic carbocycles. The summed E-state index contributed by atoms with van der Waals surface area (Å²) < 4.78 is 34.0. The molecule has 120 valence electrons. The van der Waals surface area contributed by atoms with Crippen LogP contribution in [0, 0.1) is 11.6 Å². The van der Waals surface area contributed by atoms with Crippen molar-refractivity contribution in [2.75, 3.05) is 13.7 Å². The van der Waals surface area contributed by atoms with Crippen molar-refractivity contribution >= 4 is 28.4 Å². The molecule has 2 heterocycles. The van der Waals surface area contributed by atoms with Gasteiger partial charge >= 0.3 is 0 Å². The van der Waals surface area contributed by atoms with Crippen LogP contribution in [0.15, 0.2) is 46.1 Å². The summed E-state index contributed by atoms with van der Waals surface area (Å²) in [5.41, 5.74) is 1.14. The summed E-state index contributed by atoms with van der Waals surface area (Å²) in [5, 5.41) is 3.99. The zero-order valence-electron chi connectivity index (χ0n) is 12.3. The lowest BCUT2D eigenvalue weighted by molar-refractivity contribution is 0.187. The maximum Gasteiger partial charge on any atom is 0.190 e. The number of nitrogens with zero attached hydrogens (tertiary/aromatic N) is 2. The van der Waals surface area contributed by atoms with Gasteiger partial charge in [-0.15, -0.1) is 22.7 Å². The first-order valence-electron chi connectivity index (χ1n) is 6.90. The molecule has 2 aromatic heterocycles. The Hall–Kier alpha value is -1.83. The van der Waals surface area contributed by atoms with Crippen LogP contribution in [0.1, 0.15) is 0 Å². The summed E-state index contributed by atoms with van der Waals surface area (Å²) in [5.74, 6) is -1.28. The van der Waals surface area contributed by atoms with Crippen LogP contribution in [-0.4, -0.2) is 18.3 Å². The van der Waals surface area contributed by atoms with E-state index in [9.17, 15) is 8.78 Å². The molecule has 3 rings (SSSR count). The van der Waals surface area contributed by atoms with Gasteiger partial charge in [-0.2, -0.15) is 0 Å². The summed E-state index contributed by atoms with van der Waals surface area (Å²) >= 11 is 3.05. The van der Waals surface area contributed by atoms with E-state index in [0.717, 1.165) is 16.6 Å². The van der Waals surface area contributed by atoms with Crippen LogP contribution in [0.3, 0.4) is 0 Å². The molecule has 0 unspecified atom stereocenters. The Labute approximate surface area is 140 Å². The van der Waals surface area contributed by atoms with E-state index >= 15 is 0 Å². The highest BCUT2D eigenvalue weighted by Crippen LogP contribution is 2.26. The van der Waals surface area contributed by atoms with Crippen LogP contribution in [0.2, 0.25) is 0 Å². The van der Waals surface area contributed by atoms with Crippen LogP contribution >= 0.6 is 22.7 Å². The Morgan fingerprint density at radius 2 is 2.09 bits per heavy atom. The van der Waals surface area contributed by atoms with Crippen molar-refractivity contribution in [1.29, 1.82) is 0 Å². The minimum absolute atomic E-state index is 0.122. The maximum atomic E-state index is 13.8. The number of rotatable bonds is 5. The largest absolute Gasteiger partial charge is 0.383 e. The van der Waals surface area contributed by atoms with Crippen LogP contribution in [-0.2, 0) is 11.3 Å². The molecular weight excluding hydrogens is 338 g/mol. The molecule has 0 spiro atoms. The molecule has 0 amide bonds. The second-order valence-electron chi connectivity index (χ2n) is 4.73. The fraction of sp³-hybridized carbons (Fsp3) is 0.188. The van der Waals surface area contributed by atoms with Crippen LogP contribution in [0.5, 0.6) is 0 Å². The monoisotopic (exact) mass is 352 g/mol. The number of hydrogen-bond donors (Lipinski definition) is 0. The van der Waals surface area contributed by atoms with Gasteiger partial charge in [-0.25, -0.2) is 13.8 Å². The lowest BCUT2D eigenvalue weighted by atomic mass is 10.3. The van der Waals surface area contributed by atoms with E-state index in [1.807, 2.05) is 27.5 Å². The predicted octanol–water partition coefficient (Wildman–Crippen LogP) is 4.44. The molecule has 0 aliphatic heterocycles. The number of thiophene rings is 1. The quantitative estimate of drug-likeness (QED) is 0.667. The number of halogens is 2. The number of methoxy groups -OCH3 is 1. The van der Waals surface area contributed by atoms with E-state index in [1.165, 1.54) is 23.5 Å². The van der Waals surface area contributed by atoms with Crippen molar-refractivity contribution < 1.29 is 13.5 Å². The molecule has 0 N–H and O–H groups in total. The average Bonchev–Trinajstić information content (AvgIpc) is 3.17. The first-order chi connectivity index (χ1) is 11.2. The summed E-state index contributed by atoms with van der Waals surface area (Å²) in [4.78, 5) is 6.11. The molecule has 0 bridgehead atoms. The van der Waals surface area contributed by atoms with E-state index in [1.54, 1.807) is 18.4 Å². The summed E-state index contributed by atoms with van der Waals surface area (Å²) in [6.45, 7) is 1.13. The minimum atomic E-state index is -0.672. The van der Waals surface area contributed by atoms with Gasteiger partial charge in [0, 0.05) is 25.1 Å². The van der Waals surface area contributed by atoms with Crippen LogP contribution in [0.4, 0.5) is 14.5 Å². The van der Waals surface area contributed by atoms with E-state index in [4.69, 9.17) is 4.74 Å². The third-order valence-electron chi connectivity index (χ3n) is 3.22. The molecule has 23 heavy (non-hydrogen) atoms. The highest BCUT2D eigenvalue weighted by molar-refractivity contribution is 7.14. The smallest absolute Gasteiger partial charge is 0.190 e. The molecule has 0 fully saturated rings. The second-order valence-corrected chi connectivity index (χ2v) is 6.52. The van der Waals surface area contributed by atoms with Gasteiger partial charge < -0.3 is 9.30 Å². The molecule has 1 aromatic carbocycles. The standard InChI is InChI=1S/C16H14F2N2OS2/c1-21-7-6-20-14(15-3-2-8-22-15)10-23-16(20)19-13-5-4-11(17)9-12(13)18/h2-5,8-10H,6-7H2,1H3. The van der Waals surface area contributed by atoms with Gasteiger partial charge in [0.25, 0.3) is 0 Å². The SMILES string of the molecule is COCCn1c(-c2cccs2)csc1=Nc1ccc(F)cc1F. The Kier molecular flexibility index (Phi) is 5.00. The molecule has 3 aromatic rings. The van der Waals surface area contributed by atoms with Crippen LogP contribution in [0.25, 0.3) is 10.6 Å². The number of benzene rings is 1. The van der Waals surface area contributed by atoms with Crippen molar-refractivity contribution in [3.63, 3.8) is 0 Å². The van der Waals surface area contributed by atoms with Gasteiger partial charge in [0.1, 0.15) is 11.5 Å². The topological polar surface area (TPSA) is 26.5 Å². The molecule has 0 aliphatic rings. The molecule has 0 saturated carbocycles. The molecule has 7 heteroatoms. The van der Waals surface area contributed by atoms with Crippen molar-refractivity contribution in [2.45, 2.75) is 6.54 Å². The second kappa shape index (κ2) is 7.16. The summed E-state index contributed by atoms with van der Waals surface area (Å²) in [6, 6.07) is 7.39. The first kappa shape index (κ1) is 16.0. The van der Waals surface area contributed by atoms with E-state index in [2.05, 4.69) is 4.99 Å². The summed E-state index contributed by atoms with van der Waals surface area (Å²) in [7, 11) is 1.63. The molecule has 3 nitrogen and oxygen atoms in total. The molecule has 0 saturated heterocycles. The van der Waals surface area contributed by atoms with Gasteiger partial charge in [0.05, 0.1) is 17.2 Å². The van der Waals surface area contributed by atoms with Gasteiger partial charge in [-0.1, -0.05) is 6.07 Å². The number of hydrogen-bond acceptors (Lipinski definition) is 4. The van der Waals surface area contributed by atoms with Gasteiger partial charge in [-0.3, -0.25) is 0 Å². The van der Waals surface area contributed by atoms with Crippen molar-refractivity contribution in [3.8, 4) is 10.6 Å².